The highest BCUT2D eigenvalue weighted by Gasteiger charge is 1.99. The first-order chi connectivity index (χ1) is 6.81. The first kappa shape index (κ1) is 10.8. The van der Waals surface area contributed by atoms with Crippen LogP contribution in [0.2, 0.25) is 0 Å². The van der Waals surface area contributed by atoms with Crippen LogP contribution in [0.5, 0.6) is 0 Å². The molecule has 0 aliphatic rings. The van der Waals surface area contributed by atoms with Crippen molar-refractivity contribution >= 4 is 5.76 Å². The Morgan fingerprint density at radius 2 is 1.86 bits per heavy atom. The van der Waals surface area contributed by atoms with Crippen LogP contribution in [-0.2, 0) is 16.1 Å². The summed E-state index contributed by atoms with van der Waals surface area (Å²) in [5, 5.41) is 0. The van der Waals surface area contributed by atoms with Crippen molar-refractivity contribution in [2.45, 2.75) is 13.5 Å². The van der Waals surface area contributed by atoms with E-state index in [2.05, 4.69) is 0 Å². The largest absolute Gasteiger partial charge is 0.496 e. The molecule has 0 fully saturated rings. The van der Waals surface area contributed by atoms with Crippen LogP contribution in [0.3, 0.4) is 0 Å². The van der Waals surface area contributed by atoms with Gasteiger partial charge < -0.3 is 9.47 Å². The lowest BCUT2D eigenvalue weighted by Crippen LogP contribution is -1.90. The summed E-state index contributed by atoms with van der Waals surface area (Å²) in [4.78, 5) is 0. The lowest BCUT2D eigenvalue weighted by Gasteiger charge is -2.06. The number of methoxy groups -OCH3 is 2. The fraction of sp³-hybridized carbons (Fsp3) is 0.333. The van der Waals surface area contributed by atoms with Gasteiger partial charge in [0.15, 0.2) is 0 Å². The normalized spacial score (nSPS) is 11.5. The number of benzene rings is 1. The van der Waals surface area contributed by atoms with Gasteiger partial charge in [0.05, 0.1) is 13.7 Å². The predicted molar refractivity (Wildman–Crippen MR) is 57.8 cm³/mol. The number of allylic oxidation sites excluding steroid dienone is 1. The monoisotopic (exact) mass is 192 g/mol. The van der Waals surface area contributed by atoms with E-state index >= 15 is 0 Å². The van der Waals surface area contributed by atoms with Gasteiger partial charge in [0.1, 0.15) is 5.76 Å². The molecule has 0 aromatic heterocycles. The van der Waals surface area contributed by atoms with E-state index in [9.17, 15) is 0 Å². The molecule has 76 valence electrons. The standard InChI is InChI=1S/C12H16O2/c1-4-12(14-3)11-7-5-10(6-8-11)9-13-2/h4-8H,9H2,1-3H3. The van der Waals surface area contributed by atoms with E-state index in [1.807, 2.05) is 37.3 Å². The quantitative estimate of drug-likeness (QED) is 0.683. The van der Waals surface area contributed by atoms with Crippen molar-refractivity contribution in [2.75, 3.05) is 14.2 Å². The van der Waals surface area contributed by atoms with Crippen molar-refractivity contribution in [1.29, 1.82) is 0 Å². The van der Waals surface area contributed by atoms with Gasteiger partial charge in [0.2, 0.25) is 0 Å². The third kappa shape index (κ3) is 2.60. The molecule has 0 amide bonds. The van der Waals surface area contributed by atoms with Gasteiger partial charge in [-0.25, -0.2) is 0 Å². The van der Waals surface area contributed by atoms with Gasteiger partial charge in [-0.2, -0.15) is 0 Å². The van der Waals surface area contributed by atoms with Crippen LogP contribution in [0.15, 0.2) is 30.3 Å². The second-order valence-corrected chi connectivity index (χ2v) is 2.99. The molecule has 0 heterocycles. The number of ether oxygens (including phenoxy) is 2. The molecule has 0 unspecified atom stereocenters. The van der Waals surface area contributed by atoms with Crippen LogP contribution < -0.4 is 0 Å². The van der Waals surface area contributed by atoms with Gasteiger partial charge >= 0.3 is 0 Å². The zero-order valence-electron chi connectivity index (χ0n) is 8.91. The number of hydrogen-bond donors (Lipinski definition) is 0. The molecule has 0 radical (unpaired) electrons. The minimum absolute atomic E-state index is 0.651. The molecule has 2 heteroatoms. The Labute approximate surface area is 85.2 Å². The number of rotatable bonds is 4. The van der Waals surface area contributed by atoms with E-state index in [4.69, 9.17) is 9.47 Å². The van der Waals surface area contributed by atoms with Gasteiger partial charge in [-0.15, -0.1) is 0 Å². The van der Waals surface area contributed by atoms with Crippen LogP contribution in [0, 0.1) is 0 Å². The average molecular weight is 192 g/mol. The Balaban J connectivity index is 2.82. The zero-order chi connectivity index (χ0) is 10.4. The summed E-state index contributed by atoms with van der Waals surface area (Å²) in [6.07, 6.45) is 1.95. The number of hydrogen-bond acceptors (Lipinski definition) is 2. The molecule has 2 nitrogen and oxygen atoms in total. The summed E-state index contributed by atoms with van der Waals surface area (Å²) in [5.74, 6) is 0.897. The Morgan fingerprint density at radius 3 is 2.29 bits per heavy atom. The van der Waals surface area contributed by atoms with Gasteiger partial charge in [0.25, 0.3) is 0 Å². The molecular weight excluding hydrogens is 176 g/mol. The highest BCUT2D eigenvalue weighted by atomic mass is 16.5. The Morgan fingerprint density at radius 1 is 1.21 bits per heavy atom. The van der Waals surface area contributed by atoms with E-state index in [-0.39, 0.29) is 0 Å². The molecule has 0 spiro atoms. The third-order valence-corrected chi connectivity index (χ3v) is 2.03. The third-order valence-electron chi connectivity index (χ3n) is 2.03. The lowest BCUT2D eigenvalue weighted by atomic mass is 10.1. The van der Waals surface area contributed by atoms with Gasteiger partial charge in [-0.1, -0.05) is 24.3 Å². The molecule has 0 bridgehead atoms. The smallest absolute Gasteiger partial charge is 0.121 e. The summed E-state index contributed by atoms with van der Waals surface area (Å²) in [7, 11) is 3.37. The van der Waals surface area contributed by atoms with E-state index in [1.54, 1.807) is 14.2 Å². The molecule has 1 aromatic carbocycles. The fourth-order valence-corrected chi connectivity index (χ4v) is 1.33. The second-order valence-electron chi connectivity index (χ2n) is 2.99. The highest BCUT2D eigenvalue weighted by molar-refractivity contribution is 5.59. The van der Waals surface area contributed by atoms with Crippen molar-refractivity contribution in [1.82, 2.24) is 0 Å². The summed E-state index contributed by atoms with van der Waals surface area (Å²) < 4.78 is 10.3. The minimum Gasteiger partial charge on any atom is -0.496 e. The van der Waals surface area contributed by atoms with Crippen molar-refractivity contribution in [3.63, 3.8) is 0 Å². The van der Waals surface area contributed by atoms with Gasteiger partial charge in [0, 0.05) is 12.7 Å². The minimum atomic E-state index is 0.651. The zero-order valence-corrected chi connectivity index (χ0v) is 8.91. The van der Waals surface area contributed by atoms with E-state index < -0.39 is 0 Å². The van der Waals surface area contributed by atoms with Crippen molar-refractivity contribution < 1.29 is 9.47 Å². The van der Waals surface area contributed by atoms with Gasteiger partial charge in [-0.05, 0) is 18.6 Å². The second kappa shape index (κ2) is 5.45. The maximum Gasteiger partial charge on any atom is 0.121 e. The molecule has 0 aliphatic carbocycles. The first-order valence-electron chi connectivity index (χ1n) is 4.60. The van der Waals surface area contributed by atoms with E-state index in [0.717, 1.165) is 11.3 Å². The maximum atomic E-state index is 5.22. The molecule has 1 rings (SSSR count). The molecule has 0 aliphatic heterocycles. The van der Waals surface area contributed by atoms with Gasteiger partial charge in [-0.3, -0.25) is 0 Å². The lowest BCUT2D eigenvalue weighted by molar-refractivity contribution is 0.185. The molecular formula is C12H16O2. The van der Waals surface area contributed by atoms with Crippen molar-refractivity contribution in [3.05, 3.63) is 41.5 Å². The Hall–Kier alpha value is -1.28. The molecule has 14 heavy (non-hydrogen) atoms. The highest BCUT2D eigenvalue weighted by Crippen LogP contribution is 2.15. The first-order valence-corrected chi connectivity index (χ1v) is 4.60. The van der Waals surface area contributed by atoms with Crippen LogP contribution >= 0.6 is 0 Å². The molecule has 0 saturated carbocycles. The Bertz CT molecular complexity index is 299. The van der Waals surface area contributed by atoms with E-state index in [1.165, 1.54) is 5.56 Å². The predicted octanol–water partition coefficient (Wildman–Crippen LogP) is 2.84. The molecule has 0 N–H and O–H groups in total. The molecule has 0 saturated heterocycles. The summed E-state index contributed by atoms with van der Waals surface area (Å²) in [5.41, 5.74) is 2.26. The van der Waals surface area contributed by atoms with Crippen molar-refractivity contribution in [2.24, 2.45) is 0 Å². The van der Waals surface area contributed by atoms with Crippen LogP contribution in [-0.4, -0.2) is 14.2 Å². The summed E-state index contributed by atoms with van der Waals surface area (Å²) in [6.45, 7) is 2.61. The molecule has 0 atom stereocenters. The topological polar surface area (TPSA) is 18.5 Å². The maximum absolute atomic E-state index is 5.22. The van der Waals surface area contributed by atoms with Crippen molar-refractivity contribution in [3.8, 4) is 0 Å². The molecule has 1 aromatic rings. The summed E-state index contributed by atoms with van der Waals surface area (Å²) in [6, 6.07) is 8.16. The average Bonchev–Trinajstić information content (AvgIpc) is 2.23. The Kier molecular flexibility index (Phi) is 4.20. The van der Waals surface area contributed by atoms with Crippen LogP contribution in [0.4, 0.5) is 0 Å². The van der Waals surface area contributed by atoms with E-state index in [0.29, 0.717) is 6.61 Å². The van der Waals surface area contributed by atoms with Crippen LogP contribution in [0.25, 0.3) is 5.76 Å². The fourth-order valence-electron chi connectivity index (χ4n) is 1.33. The van der Waals surface area contributed by atoms with Crippen LogP contribution in [0.1, 0.15) is 18.1 Å². The summed E-state index contributed by atoms with van der Waals surface area (Å²) >= 11 is 0. The SMILES string of the molecule is CC=C(OC)c1ccc(COC)cc1.